The first-order chi connectivity index (χ1) is 52.1. The number of hydrogen-bond acceptors (Lipinski definition) is 24. The van der Waals surface area contributed by atoms with E-state index in [9.17, 15) is 51.1 Å². The summed E-state index contributed by atoms with van der Waals surface area (Å²) >= 11 is 10.7. The maximum absolute atomic E-state index is 13.4. The fourth-order valence-electron chi connectivity index (χ4n) is 11.1. The average molecular weight is 1580 g/mol. The molecule has 1 N–H and O–H groups in total. The second kappa shape index (κ2) is 40.0. The maximum atomic E-state index is 13.4. The van der Waals surface area contributed by atoms with Crippen LogP contribution < -0.4 is 11.0 Å². The van der Waals surface area contributed by atoms with E-state index in [-0.39, 0.29) is 145 Å². The molecule has 0 saturated carbocycles. The van der Waals surface area contributed by atoms with E-state index in [1.54, 1.807) is 84.7 Å². The summed E-state index contributed by atoms with van der Waals surface area (Å²) in [4.78, 5) is 120. The fourth-order valence-corrected chi connectivity index (χ4v) is 12.7. The molecule has 4 unspecified atom stereocenters. The van der Waals surface area contributed by atoms with Gasteiger partial charge in [0.1, 0.15) is 40.4 Å². The van der Waals surface area contributed by atoms with Gasteiger partial charge in [0.25, 0.3) is 22.6 Å². The number of amides is 5. The largest absolute Gasteiger partial charge is 0.378 e. The van der Waals surface area contributed by atoms with Gasteiger partial charge >= 0.3 is 0 Å². The Labute approximate surface area is 640 Å². The summed E-state index contributed by atoms with van der Waals surface area (Å²) < 4.78 is 77.0. The van der Waals surface area contributed by atoms with Gasteiger partial charge in [-0.3, -0.25) is 43.3 Å². The van der Waals surface area contributed by atoms with Gasteiger partial charge in [-0.15, -0.1) is 0 Å². The molecule has 3 saturated heterocycles. The molecule has 4 aliphatic heterocycles. The van der Waals surface area contributed by atoms with Gasteiger partial charge in [0.2, 0.25) is 17.7 Å². The highest BCUT2D eigenvalue weighted by molar-refractivity contribution is 7.99. The van der Waals surface area contributed by atoms with E-state index >= 15 is 0 Å². The normalized spacial score (nSPS) is 16.2. The van der Waals surface area contributed by atoms with Crippen LogP contribution in [0.1, 0.15) is 48.2 Å². The third-order valence-corrected chi connectivity index (χ3v) is 19.2. The summed E-state index contributed by atoms with van der Waals surface area (Å²) in [5.74, 6) is -2.71. The van der Waals surface area contributed by atoms with Crippen molar-refractivity contribution < 1.29 is 65.3 Å². The lowest BCUT2D eigenvalue weighted by Crippen LogP contribution is -2.45. The molecule has 108 heavy (non-hydrogen) atoms. The minimum atomic E-state index is -0.553. The molecule has 9 heterocycles. The third kappa shape index (κ3) is 22.1. The van der Waals surface area contributed by atoms with Crippen LogP contribution in [-0.4, -0.2) is 226 Å². The van der Waals surface area contributed by atoms with Crippen molar-refractivity contribution in [3.8, 4) is 22.5 Å². The standard InChI is InChI=1S/2C18H19FN4O3S.C18H17FN4O2S.C12H15FN2O2.C6H5ClN2OS/c2*1-26-14-10-22(16(24)9-12-3-5-13(19)6-4-12)23(11-14)17(25)15-7-8-20-18(21-15)27-2;1-25-13-9-22-16(14-7-8-20-18(21-14)26-2)15(17(24)23(22)10-13)11-3-5-12(19)6-4-11;1-17-11-7-14-15(8-11)12(16)6-9-2-4-10(13)5-3-9;1-11-6-8-3-2-4(9-6)5(7)10/h2*3-8,14H,9-11H2,1-2H3;3-8,13H,9-10H2,1-2H3;2-5,11,14H,6-8H2,1H3;2-3H,1H3. The van der Waals surface area contributed by atoms with E-state index in [0.29, 0.717) is 80.4 Å². The van der Waals surface area contributed by atoms with Crippen molar-refractivity contribution in [2.24, 2.45) is 0 Å². The van der Waals surface area contributed by atoms with Crippen molar-refractivity contribution in [2.45, 2.75) is 77.4 Å². The van der Waals surface area contributed by atoms with Gasteiger partial charge in [0.15, 0.2) is 20.6 Å². The summed E-state index contributed by atoms with van der Waals surface area (Å²) in [5.41, 5.74) is 8.21. The number of methoxy groups -OCH3 is 4. The smallest absolute Gasteiger partial charge is 0.291 e. The monoisotopic (exact) mass is 1580 g/mol. The number of nitrogens with one attached hydrogen (secondary N) is 1. The molecule has 9 aromatic rings. The Hall–Kier alpha value is -9.56. The van der Waals surface area contributed by atoms with Gasteiger partial charge in [0, 0.05) is 59.8 Å². The molecule has 5 aromatic heterocycles. The van der Waals surface area contributed by atoms with Gasteiger partial charge in [-0.25, -0.2) is 87.6 Å². The summed E-state index contributed by atoms with van der Waals surface area (Å²) in [7, 11) is 6.34. The molecule has 13 rings (SSSR count). The van der Waals surface area contributed by atoms with E-state index < -0.39 is 5.24 Å². The van der Waals surface area contributed by atoms with Crippen LogP contribution in [0, 0.1) is 23.3 Å². The second-order valence-corrected chi connectivity index (χ2v) is 27.1. The molecule has 4 aliphatic rings. The van der Waals surface area contributed by atoms with Crippen molar-refractivity contribution in [1.82, 2.24) is 79.7 Å². The highest BCUT2D eigenvalue weighted by atomic mass is 35.5. The molecule has 0 bridgehead atoms. The first-order valence-corrected chi connectivity index (χ1v) is 38.3. The molecule has 27 nitrogen and oxygen atoms in total. The number of ether oxygens (including phenoxy) is 4. The lowest BCUT2D eigenvalue weighted by atomic mass is 10.0. The van der Waals surface area contributed by atoms with Crippen LogP contribution in [0.2, 0.25) is 0 Å². The summed E-state index contributed by atoms with van der Waals surface area (Å²) in [6.07, 6.45) is 13.4. The van der Waals surface area contributed by atoms with Crippen LogP contribution in [0.4, 0.5) is 17.6 Å². The Kier molecular flexibility index (Phi) is 30.6. The average Bonchev–Trinajstić information content (AvgIpc) is 1.59. The van der Waals surface area contributed by atoms with Crippen molar-refractivity contribution in [3.63, 3.8) is 0 Å². The number of hydrogen-bond donors (Lipinski definition) is 1. The first-order valence-electron chi connectivity index (χ1n) is 33.0. The zero-order valence-electron chi connectivity index (χ0n) is 59.7. The molecule has 4 atom stereocenters. The van der Waals surface area contributed by atoms with Crippen LogP contribution in [0.3, 0.4) is 0 Å². The summed E-state index contributed by atoms with van der Waals surface area (Å²) in [5, 5.41) is 8.60. The van der Waals surface area contributed by atoms with E-state index in [4.69, 9.17) is 30.5 Å². The zero-order chi connectivity index (χ0) is 77.6. The number of rotatable bonds is 19. The Morgan fingerprint density at radius 2 is 0.787 bits per heavy atom. The van der Waals surface area contributed by atoms with Crippen molar-refractivity contribution in [3.05, 3.63) is 214 Å². The molecule has 36 heteroatoms. The van der Waals surface area contributed by atoms with Crippen molar-refractivity contribution >= 4 is 93.4 Å². The topological polar surface area (TPSA) is 298 Å². The molecule has 5 amide bonds. The molecule has 0 aliphatic carbocycles. The third-order valence-electron chi connectivity index (χ3n) is 16.7. The van der Waals surface area contributed by atoms with Crippen molar-refractivity contribution in [2.75, 3.05) is 92.7 Å². The number of nitrogens with zero attached hydrogens (tertiary/aromatic N) is 15. The van der Waals surface area contributed by atoms with Gasteiger partial charge < -0.3 is 18.9 Å². The van der Waals surface area contributed by atoms with E-state index in [1.165, 1.54) is 167 Å². The highest BCUT2D eigenvalue weighted by Gasteiger charge is 2.40. The van der Waals surface area contributed by atoms with E-state index in [2.05, 4.69) is 45.3 Å². The van der Waals surface area contributed by atoms with Crippen LogP contribution in [0.25, 0.3) is 22.5 Å². The summed E-state index contributed by atoms with van der Waals surface area (Å²) in [6, 6.07) is 29.7. The van der Waals surface area contributed by atoms with Crippen LogP contribution in [0.15, 0.2) is 172 Å². The fraction of sp³-hybridized carbons (Fsp3) is 0.319. The van der Waals surface area contributed by atoms with E-state index in [1.807, 2.05) is 29.7 Å². The number of thioether (sulfide) groups is 4. The predicted molar refractivity (Wildman–Crippen MR) is 397 cm³/mol. The number of halogens is 5. The van der Waals surface area contributed by atoms with Gasteiger partial charge in [-0.2, -0.15) is 0 Å². The van der Waals surface area contributed by atoms with Crippen molar-refractivity contribution in [1.29, 1.82) is 0 Å². The van der Waals surface area contributed by atoms with Crippen LogP contribution in [-0.2, 0) is 65.7 Å². The Bertz CT molecular complexity index is 4510. The highest BCUT2D eigenvalue weighted by Crippen LogP contribution is 2.33. The number of hydrazine groups is 3. The number of benzene rings is 4. The quantitative estimate of drug-likeness (QED) is 0.0343. The SMILES string of the molecule is COC1CN(C(=O)Cc2ccc(F)cc2)N(C(=O)c2ccnc(SC)n2)C1.COC1CN(C(=O)Cc2ccc(F)cc2)N(C(=O)c2ccnc(SC)n2)C1.COC1CNN(C(=O)Cc2ccc(F)cc2)C1.COC1Cn2c(-c3ccnc(SC)n3)c(-c3ccc(F)cc3)c(=O)n2C1.CSc1nccc(C(=O)Cl)n1. The van der Waals surface area contributed by atoms with Crippen LogP contribution in [0.5, 0.6) is 0 Å². The minimum absolute atomic E-state index is 0.0313. The zero-order valence-corrected chi connectivity index (χ0v) is 63.7. The maximum Gasteiger partial charge on any atom is 0.291 e. The lowest BCUT2D eigenvalue weighted by Gasteiger charge is -2.27. The molecule has 0 spiro atoms. The predicted octanol–water partition coefficient (Wildman–Crippen LogP) is 8.56. The summed E-state index contributed by atoms with van der Waals surface area (Å²) in [6.45, 7) is 3.27. The molecule has 568 valence electrons. The molecular formula is C72H75ClF4N16O11S4. The van der Waals surface area contributed by atoms with Gasteiger partial charge in [0.05, 0.1) is 106 Å². The number of carbonyl (C=O) groups excluding carboxylic acids is 6. The number of aromatic nitrogens is 10. The van der Waals surface area contributed by atoms with Gasteiger partial charge in [-0.05, 0) is 132 Å². The Balaban J connectivity index is 0.000000160. The lowest BCUT2D eigenvalue weighted by molar-refractivity contribution is -0.140. The molecule has 0 radical (unpaired) electrons. The number of carbonyl (C=O) groups is 6. The second-order valence-electron chi connectivity index (χ2n) is 23.6. The molecular weight excluding hydrogens is 1500 g/mol. The first kappa shape index (κ1) is 82.5. The van der Waals surface area contributed by atoms with Crippen LogP contribution >= 0.6 is 58.6 Å². The minimum Gasteiger partial charge on any atom is -0.378 e. The van der Waals surface area contributed by atoms with Gasteiger partial charge in [-0.1, -0.05) is 95.6 Å². The molecule has 4 aromatic carbocycles. The van der Waals surface area contributed by atoms with E-state index in [0.717, 1.165) is 5.56 Å². The number of fused-ring (bicyclic) bond motifs is 1. The Morgan fingerprint density at radius 1 is 0.435 bits per heavy atom. The Morgan fingerprint density at radius 3 is 1.19 bits per heavy atom. The molecule has 3 fully saturated rings.